The van der Waals surface area contributed by atoms with E-state index in [-0.39, 0.29) is 23.9 Å². The first-order valence-electron chi connectivity index (χ1n) is 3.29. The van der Waals surface area contributed by atoms with Crippen molar-refractivity contribution in [2.24, 2.45) is 0 Å². The lowest BCUT2D eigenvalue weighted by Crippen LogP contribution is -1.94. The number of aromatic nitrogens is 2. The molecule has 5 heteroatoms. The van der Waals surface area contributed by atoms with Crippen LogP contribution >= 0.6 is 0 Å². The van der Waals surface area contributed by atoms with Gasteiger partial charge in [-0.25, -0.2) is 6.57 Å². The van der Waals surface area contributed by atoms with Crippen LogP contribution in [0.3, 0.4) is 0 Å². The second-order valence-corrected chi connectivity index (χ2v) is 2.07. The van der Waals surface area contributed by atoms with Crippen molar-refractivity contribution in [3.63, 3.8) is 0 Å². The van der Waals surface area contributed by atoms with Crippen molar-refractivity contribution < 1.29 is 0 Å². The molecule has 0 N–H and O–H groups in total. The van der Waals surface area contributed by atoms with Crippen molar-refractivity contribution in [1.29, 1.82) is 5.26 Å². The molecule has 1 aromatic rings. The van der Waals surface area contributed by atoms with Gasteiger partial charge in [0.15, 0.2) is 0 Å². The fraction of sp³-hybridized carbons (Fsp3) is 0.125. The third-order valence-corrected chi connectivity index (χ3v) is 1.21. The normalized spacial score (nSPS) is 8.08. The van der Waals surface area contributed by atoms with Gasteiger partial charge >= 0.3 is 5.82 Å². The molecule has 13 heavy (non-hydrogen) atoms. The molecule has 1 aromatic heterocycles. The van der Waals surface area contributed by atoms with E-state index in [0.29, 0.717) is 0 Å². The van der Waals surface area contributed by atoms with Crippen LogP contribution < -0.4 is 0 Å². The van der Waals surface area contributed by atoms with Gasteiger partial charge in [0.1, 0.15) is 11.8 Å². The Morgan fingerprint density at radius 1 is 1.46 bits per heavy atom. The minimum absolute atomic E-state index is 0.00194. The van der Waals surface area contributed by atoms with Crippen molar-refractivity contribution in [3.8, 4) is 6.07 Å². The van der Waals surface area contributed by atoms with Crippen LogP contribution in [0.5, 0.6) is 0 Å². The van der Waals surface area contributed by atoms with Crippen molar-refractivity contribution in [2.45, 2.75) is 6.54 Å². The average molecular weight is 169 g/mol. The minimum atomic E-state index is -0.00194. The summed E-state index contributed by atoms with van der Waals surface area (Å²) in [5.41, 5.74) is 0.125. The maximum Gasteiger partial charge on any atom is 0.303 e. The molecule has 0 aromatic carbocycles. The van der Waals surface area contributed by atoms with Crippen molar-refractivity contribution in [2.75, 3.05) is 0 Å². The first kappa shape index (κ1) is 8.64. The van der Waals surface area contributed by atoms with E-state index in [2.05, 4.69) is 19.7 Å². The summed E-state index contributed by atoms with van der Waals surface area (Å²) < 4.78 is 0. The van der Waals surface area contributed by atoms with E-state index in [0.717, 1.165) is 0 Å². The van der Waals surface area contributed by atoms with Crippen LogP contribution in [0, 0.1) is 24.5 Å². The Labute approximate surface area is 74.9 Å². The topological polar surface area (TPSA) is 58.3 Å². The molecule has 60 valence electrons. The lowest BCUT2D eigenvalue weighted by Gasteiger charge is -1.90. The molecule has 0 amide bonds. The van der Waals surface area contributed by atoms with Crippen molar-refractivity contribution >= 4 is 5.82 Å². The molecule has 0 saturated heterocycles. The highest BCUT2D eigenvalue weighted by atomic mass is 15.0. The second kappa shape index (κ2) is 3.80. The Kier molecular flexibility index (Phi) is 2.53. The van der Waals surface area contributed by atoms with Crippen molar-refractivity contribution in [3.05, 3.63) is 40.4 Å². The van der Waals surface area contributed by atoms with Crippen LogP contribution in [0.4, 0.5) is 5.82 Å². The molecule has 0 atom stereocenters. The number of nitrogens with zero attached hydrogens (tertiary/aromatic N) is 5. The zero-order valence-electron chi connectivity index (χ0n) is 6.52. The first-order valence-corrected chi connectivity index (χ1v) is 3.29. The summed E-state index contributed by atoms with van der Waals surface area (Å²) in [7, 11) is 0. The monoisotopic (exact) mass is 169 g/mol. The minimum Gasteiger partial charge on any atom is -0.360 e. The molecule has 5 nitrogen and oxygen atoms in total. The van der Waals surface area contributed by atoms with Crippen LogP contribution in [-0.2, 0) is 6.54 Å². The zero-order chi connectivity index (χ0) is 9.68. The summed E-state index contributed by atoms with van der Waals surface area (Å²) in [4.78, 5) is 13.7. The summed E-state index contributed by atoms with van der Waals surface area (Å²) in [6, 6.07) is 3.10. The molecule has 1 heterocycles. The summed E-state index contributed by atoms with van der Waals surface area (Å²) >= 11 is 0. The summed E-state index contributed by atoms with van der Waals surface area (Å²) in [6.45, 7) is 13.3. The lowest BCUT2D eigenvalue weighted by atomic mass is 10.4. The molecule has 1 rings (SSSR count). The molecule has 0 aliphatic heterocycles. The van der Waals surface area contributed by atoms with E-state index < -0.39 is 0 Å². The highest BCUT2D eigenvalue weighted by Gasteiger charge is 2.08. The molecule has 0 aliphatic rings. The highest BCUT2D eigenvalue weighted by molar-refractivity contribution is 5.40. The number of nitriles is 1. The Bertz CT molecular complexity index is 411. The maximum atomic E-state index is 8.53. The number of hydrogen-bond acceptors (Lipinski definition) is 3. The summed E-state index contributed by atoms with van der Waals surface area (Å²) in [5, 5.41) is 8.53. The SMILES string of the molecule is [C-]#[N+]Cc1nc(C#N)cc([N+]#[C-])n1. The Balaban J connectivity index is 3.20. The van der Waals surface area contributed by atoms with Crippen LogP contribution in [-0.4, -0.2) is 9.97 Å². The Hall–Kier alpha value is -2.45. The van der Waals surface area contributed by atoms with Gasteiger partial charge in [-0.2, -0.15) is 10.2 Å². The highest BCUT2D eigenvalue weighted by Crippen LogP contribution is 2.09. The van der Waals surface area contributed by atoms with Gasteiger partial charge in [-0.1, -0.05) is 11.6 Å². The molecular formula is C8H3N5. The molecule has 0 unspecified atom stereocenters. The van der Waals surface area contributed by atoms with E-state index in [4.69, 9.17) is 18.4 Å². The third-order valence-electron chi connectivity index (χ3n) is 1.21. The lowest BCUT2D eigenvalue weighted by molar-refractivity contribution is 0.984. The van der Waals surface area contributed by atoms with Crippen LogP contribution in [0.15, 0.2) is 6.07 Å². The van der Waals surface area contributed by atoms with Gasteiger partial charge in [0.2, 0.25) is 0 Å². The standard InChI is InChI=1S/C8H3N5/c1-10-5-8-12-6(4-9)3-7(11-2)13-8/h3H,5H2. The zero-order valence-corrected chi connectivity index (χ0v) is 6.52. The van der Waals surface area contributed by atoms with E-state index in [1.165, 1.54) is 6.07 Å². The average Bonchev–Trinajstić information content (AvgIpc) is 2.17. The number of hydrogen-bond donors (Lipinski definition) is 0. The summed E-state index contributed by atoms with van der Waals surface area (Å²) in [6.07, 6.45) is 0. The first-order chi connectivity index (χ1) is 6.30. The molecular weight excluding hydrogens is 166 g/mol. The maximum absolute atomic E-state index is 8.53. The van der Waals surface area contributed by atoms with E-state index >= 15 is 0 Å². The van der Waals surface area contributed by atoms with E-state index in [1.807, 2.05) is 0 Å². The van der Waals surface area contributed by atoms with E-state index in [9.17, 15) is 0 Å². The van der Waals surface area contributed by atoms with Gasteiger partial charge in [0.25, 0.3) is 12.4 Å². The molecule has 0 radical (unpaired) electrons. The molecule has 0 saturated carbocycles. The molecule has 0 spiro atoms. The van der Waals surface area contributed by atoms with Gasteiger partial charge in [0.05, 0.1) is 0 Å². The van der Waals surface area contributed by atoms with Gasteiger partial charge in [-0.05, 0) is 0 Å². The Morgan fingerprint density at radius 3 is 2.77 bits per heavy atom. The number of rotatable bonds is 1. The summed E-state index contributed by atoms with van der Waals surface area (Å²) in [5.74, 6) is 0.324. The Morgan fingerprint density at radius 2 is 2.23 bits per heavy atom. The predicted octanol–water partition coefficient (Wildman–Crippen LogP) is 1.32. The van der Waals surface area contributed by atoms with Gasteiger partial charge in [-0.3, -0.25) is 0 Å². The predicted molar refractivity (Wildman–Crippen MR) is 43.3 cm³/mol. The second-order valence-electron chi connectivity index (χ2n) is 2.07. The largest absolute Gasteiger partial charge is 0.360 e. The van der Waals surface area contributed by atoms with Crippen LogP contribution in [0.2, 0.25) is 0 Å². The third kappa shape index (κ3) is 1.99. The van der Waals surface area contributed by atoms with Gasteiger partial charge < -0.3 is 9.69 Å². The van der Waals surface area contributed by atoms with Crippen molar-refractivity contribution in [1.82, 2.24) is 9.97 Å². The molecule has 0 fully saturated rings. The quantitative estimate of drug-likeness (QED) is 0.595. The van der Waals surface area contributed by atoms with Gasteiger partial charge in [-0.15, -0.1) is 0 Å². The smallest absolute Gasteiger partial charge is 0.303 e. The molecule has 0 bridgehead atoms. The fourth-order valence-corrected chi connectivity index (χ4v) is 0.739. The van der Waals surface area contributed by atoms with E-state index in [1.54, 1.807) is 6.07 Å². The van der Waals surface area contributed by atoms with Crippen LogP contribution in [0.1, 0.15) is 11.5 Å². The molecule has 0 aliphatic carbocycles. The van der Waals surface area contributed by atoms with Gasteiger partial charge in [0, 0.05) is 6.07 Å². The van der Waals surface area contributed by atoms with Crippen LogP contribution in [0.25, 0.3) is 9.69 Å². The fourth-order valence-electron chi connectivity index (χ4n) is 0.739.